The number of aliphatic hydroxyl groups is 1. The lowest BCUT2D eigenvalue weighted by molar-refractivity contribution is -0.0964. The molecule has 5 nitrogen and oxygen atoms in total. The molecule has 2 fully saturated rings. The van der Waals surface area contributed by atoms with Crippen molar-refractivity contribution in [3.05, 3.63) is 29.3 Å². The maximum Gasteiger partial charge on any atom is 0.136 e. The SMILES string of the molecule is CCN1CC2(C[C@@H](O)[C@H](NCc3ccc(OC)c(C#N)c3)C2)C1C(C)C. The van der Waals surface area contributed by atoms with Crippen molar-refractivity contribution in [1.29, 1.82) is 5.26 Å². The van der Waals surface area contributed by atoms with Gasteiger partial charge in [-0.1, -0.05) is 26.8 Å². The first-order valence-corrected chi connectivity index (χ1v) is 9.66. The molecule has 26 heavy (non-hydrogen) atoms. The molecule has 2 aliphatic rings. The highest BCUT2D eigenvalue weighted by atomic mass is 16.5. The van der Waals surface area contributed by atoms with Gasteiger partial charge in [0.15, 0.2) is 0 Å². The van der Waals surface area contributed by atoms with Crippen LogP contribution in [0.1, 0.15) is 44.7 Å². The number of nitrogens with one attached hydrogen (secondary N) is 1. The van der Waals surface area contributed by atoms with Crippen molar-refractivity contribution in [2.75, 3.05) is 20.2 Å². The zero-order valence-electron chi connectivity index (χ0n) is 16.3. The highest BCUT2D eigenvalue weighted by Crippen LogP contribution is 2.52. The minimum Gasteiger partial charge on any atom is -0.495 e. The van der Waals surface area contributed by atoms with Crippen molar-refractivity contribution < 1.29 is 9.84 Å². The van der Waals surface area contributed by atoms with Crippen LogP contribution < -0.4 is 10.1 Å². The smallest absolute Gasteiger partial charge is 0.136 e. The van der Waals surface area contributed by atoms with Crippen LogP contribution in [-0.2, 0) is 6.54 Å². The van der Waals surface area contributed by atoms with Gasteiger partial charge in [-0.15, -0.1) is 0 Å². The summed E-state index contributed by atoms with van der Waals surface area (Å²) in [5.41, 5.74) is 1.84. The summed E-state index contributed by atoms with van der Waals surface area (Å²) in [6, 6.07) is 8.53. The van der Waals surface area contributed by atoms with E-state index in [2.05, 4.69) is 37.1 Å². The molecule has 0 amide bonds. The Labute approximate surface area is 157 Å². The van der Waals surface area contributed by atoms with E-state index in [-0.39, 0.29) is 17.6 Å². The molecule has 1 aromatic rings. The molecule has 1 spiro atoms. The molecule has 1 aromatic carbocycles. The molecule has 4 atom stereocenters. The molecule has 3 rings (SSSR count). The van der Waals surface area contributed by atoms with E-state index in [1.807, 2.05) is 18.2 Å². The normalized spacial score (nSPS) is 31.2. The molecule has 1 saturated carbocycles. The van der Waals surface area contributed by atoms with Crippen molar-refractivity contribution in [2.45, 2.75) is 58.3 Å². The standard InChI is InChI=1S/C21H31N3O2/c1-5-24-13-21(20(24)14(2)3)9-17(18(25)10-21)23-12-15-6-7-19(26-4)16(8-15)11-22/h6-8,14,17-18,20,23,25H,5,9-10,12-13H2,1-4H3/t17-,18-,20?,21?/m1/s1. The van der Waals surface area contributed by atoms with E-state index >= 15 is 0 Å². The zero-order chi connectivity index (χ0) is 18.9. The van der Waals surface area contributed by atoms with Gasteiger partial charge in [-0.3, -0.25) is 4.90 Å². The lowest BCUT2D eigenvalue weighted by atomic mass is 9.65. The third-order valence-corrected chi connectivity index (χ3v) is 6.24. The summed E-state index contributed by atoms with van der Waals surface area (Å²) in [4.78, 5) is 2.54. The Morgan fingerprint density at radius 3 is 2.81 bits per heavy atom. The van der Waals surface area contributed by atoms with Crippen molar-refractivity contribution >= 4 is 0 Å². The van der Waals surface area contributed by atoms with Crippen molar-refractivity contribution in [2.24, 2.45) is 11.3 Å². The van der Waals surface area contributed by atoms with Crippen molar-refractivity contribution in [3.8, 4) is 11.8 Å². The van der Waals surface area contributed by atoms with Gasteiger partial charge in [-0.05, 0) is 43.0 Å². The second-order valence-corrected chi connectivity index (χ2v) is 8.22. The van der Waals surface area contributed by atoms with E-state index in [0.717, 1.165) is 31.5 Å². The summed E-state index contributed by atoms with van der Waals surface area (Å²) < 4.78 is 5.20. The number of nitrogens with zero attached hydrogens (tertiary/aromatic N) is 2. The average Bonchev–Trinajstić information content (AvgIpc) is 2.95. The third kappa shape index (κ3) is 3.34. The molecule has 0 bridgehead atoms. The number of rotatable bonds is 6. The van der Waals surface area contributed by atoms with Crippen LogP contribution in [0.15, 0.2) is 18.2 Å². The van der Waals surface area contributed by atoms with Gasteiger partial charge >= 0.3 is 0 Å². The van der Waals surface area contributed by atoms with Gasteiger partial charge in [0.25, 0.3) is 0 Å². The van der Waals surface area contributed by atoms with E-state index in [4.69, 9.17) is 4.74 Å². The monoisotopic (exact) mass is 357 g/mol. The summed E-state index contributed by atoms with van der Waals surface area (Å²) in [6.45, 7) is 9.65. The highest BCUT2D eigenvalue weighted by molar-refractivity contribution is 5.45. The van der Waals surface area contributed by atoms with Crippen molar-refractivity contribution in [3.63, 3.8) is 0 Å². The number of ether oxygens (including phenoxy) is 1. The van der Waals surface area contributed by atoms with Crippen LogP contribution in [-0.4, -0.2) is 48.4 Å². The van der Waals surface area contributed by atoms with E-state index in [0.29, 0.717) is 29.8 Å². The van der Waals surface area contributed by atoms with Crippen LogP contribution >= 0.6 is 0 Å². The Hall–Kier alpha value is -1.61. The number of methoxy groups -OCH3 is 1. The number of hydrogen-bond acceptors (Lipinski definition) is 5. The van der Waals surface area contributed by atoms with Gasteiger partial charge < -0.3 is 15.2 Å². The van der Waals surface area contributed by atoms with Crippen LogP contribution in [0.25, 0.3) is 0 Å². The molecule has 1 aliphatic carbocycles. The molecule has 1 saturated heterocycles. The fourth-order valence-corrected chi connectivity index (χ4v) is 5.30. The fraction of sp³-hybridized carbons (Fsp3) is 0.667. The summed E-state index contributed by atoms with van der Waals surface area (Å²) in [5.74, 6) is 1.21. The lowest BCUT2D eigenvalue weighted by Crippen LogP contribution is -2.65. The summed E-state index contributed by atoms with van der Waals surface area (Å²) in [7, 11) is 1.58. The van der Waals surface area contributed by atoms with Gasteiger partial charge in [-0.25, -0.2) is 0 Å². The van der Waals surface area contributed by atoms with Crippen LogP contribution in [0.4, 0.5) is 0 Å². The third-order valence-electron chi connectivity index (χ3n) is 6.24. The molecule has 1 aliphatic heterocycles. The largest absolute Gasteiger partial charge is 0.495 e. The number of hydrogen-bond donors (Lipinski definition) is 2. The molecular formula is C21H31N3O2. The van der Waals surface area contributed by atoms with Gasteiger partial charge in [0, 0.05) is 30.6 Å². The number of nitriles is 1. The molecule has 5 heteroatoms. The zero-order valence-corrected chi connectivity index (χ0v) is 16.3. The van der Waals surface area contributed by atoms with Gasteiger partial charge in [0.2, 0.25) is 0 Å². The first kappa shape index (κ1) is 19.2. The average molecular weight is 357 g/mol. The van der Waals surface area contributed by atoms with Crippen LogP contribution in [0.2, 0.25) is 0 Å². The van der Waals surface area contributed by atoms with Crippen molar-refractivity contribution in [1.82, 2.24) is 10.2 Å². The quantitative estimate of drug-likeness (QED) is 0.819. The Kier molecular flexibility index (Phi) is 5.57. The molecule has 0 aromatic heterocycles. The summed E-state index contributed by atoms with van der Waals surface area (Å²) >= 11 is 0. The first-order chi connectivity index (χ1) is 12.4. The Morgan fingerprint density at radius 1 is 1.42 bits per heavy atom. The number of aliphatic hydroxyl groups excluding tert-OH is 1. The number of benzene rings is 1. The topological polar surface area (TPSA) is 68.5 Å². The second-order valence-electron chi connectivity index (χ2n) is 8.22. The van der Waals surface area contributed by atoms with Gasteiger partial charge in [-0.2, -0.15) is 5.26 Å². The number of likely N-dealkylation sites (tertiary alicyclic amines) is 1. The molecular weight excluding hydrogens is 326 g/mol. The van der Waals surface area contributed by atoms with Crippen LogP contribution in [0, 0.1) is 22.7 Å². The minimum atomic E-state index is -0.302. The van der Waals surface area contributed by atoms with E-state index in [1.54, 1.807) is 7.11 Å². The highest BCUT2D eigenvalue weighted by Gasteiger charge is 2.58. The molecule has 0 radical (unpaired) electrons. The predicted molar refractivity (Wildman–Crippen MR) is 102 cm³/mol. The maximum atomic E-state index is 10.7. The molecule has 2 N–H and O–H groups in total. The van der Waals surface area contributed by atoms with Gasteiger partial charge in [0.1, 0.15) is 11.8 Å². The second kappa shape index (κ2) is 7.56. The Bertz CT molecular complexity index is 684. The summed E-state index contributed by atoms with van der Waals surface area (Å²) in [5, 5.41) is 23.4. The predicted octanol–water partition coefficient (Wildman–Crippen LogP) is 2.53. The first-order valence-electron chi connectivity index (χ1n) is 9.66. The van der Waals surface area contributed by atoms with Crippen LogP contribution in [0.5, 0.6) is 5.75 Å². The van der Waals surface area contributed by atoms with E-state index in [1.165, 1.54) is 0 Å². The molecule has 2 unspecified atom stereocenters. The summed E-state index contributed by atoms with van der Waals surface area (Å²) in [6.07, 6.45) is 1.61. The van der Waals surface area contributed by atoms with E-state index < -0.39 is 0 Å². The van der Waals surface area contributed by atoms with Crippen LogP contribution in [0.3, 0.4) is 0 Å². The maximum absolute atomic E-state index is 10.7. The molecule has 1 heterocycles. The minimum absolute atomic E-state index is 0.114. The Morgan fingerprint density at radius 2 is 2.19 bits per heavy atom. The fourth-order valence-electron chi connectivity index (χ4n) is 5.30. The van der Waals surface area contributed by atoms with Gasteiger partial charge in [0.05, 0.1) is 18.8 Å². The van der Waals surface area contributed by atoms with E-state index in [9.17, 15) is 10.4 Å². The molecule has 142 valence electrons. The lowest BCUT2D eigenvalue weighted by Gasteiger charge is -2.58. The Balaban J connectivity index is 1.64.